The first-order valence-corrected chi connectivity index (χ1v) is 9.26. The number of methoxy groups -OCH3 is 2. The maximum absolute atomic E-state index is 12.5. The van der Waals surface area contributed by atoms with Crippen molar-refractivity contribution in [1.82, 2.24) is 4.90 Å². The maximum Gasteiger partial charge on any atom is 0.246 e. The molecule has 0 radical (unpaired) electrons. The zero-order valence-electron chi connectivity index (χ0n) is 16.0. The van der Waals surface area contributed by atoms with Crippen molar-refractivity contribution < 1.29 is 19.2 Å². The highest BCUT2D eigenvalue weighted by atomic mass is 16.5. The van der Waals surface area contributed by atoms with Crippen molar-refractivity contribution in [2.24, 2.45) is 0 Å². The molecule has 1 aliphatic rings. The highest BCUT2D eigenvalue weighted by Crippen LogP contribution is 2.31. The molecule has 5 heteroatoms. The molecular formula is C22H27N2O3+. The van der Waals surface area contributed by atoms with Crippen LogP contribution in [0.15, 0.2) is 54.6 Å². The van der Waals surface area contributed by atoms with Gasteiger partial charge in [0.05, 0.1) is 40.4 Å². The molecule has 1 saturated heterocycles. The van der Waals surface area contributed by atoms with E-state index in [0.29, 0.717) is 11.5 Å². The monoisotopic (exact) mass is 367 g/mol. The molecule has 0 aliphatic carbocycles. The first-order valence-electron chi connectivity index (χ1n) is 9.26. The van der Waals surface area contributed by atoms with Gasteiger partial charge in [0, 0.05) is 17.2 Å². The van der Waals surface area contributed by atoms with Crippen molar-refractivity contribution in [3.05, 3.63) is 65.7 Å². The van der Waals surface area contributed by atoms with E-state index in [9.17, 15) is 4.79 Å². The van der Waals surface area contributed by atoms with E-state index in [1.54, 1.807) is 26.4 Å². The molecule has 2 aromatic carbocycles. The fourth-order valence-corrected chi connectivity index (χ4v) is 3.41. The molecular weight excluding hydrogens is 340 g/mol. The lowest BCUT2D eigenvalue weighted by Gasteiger charge is -2.31. The van der Waals surface area contributed by atoms with Gasteiger partial charge in [-0.1, -0.05) is 42.5 Å². The molecule has 1 N–H and O–H groups in total. The van der Waals surface area contributed by atoms with E-state index in [1.807, 2.05) is 29.2 Å². The van der Waals surface area contributed by atoms with Gasteiger partial charge in [0.15, 0.2) is 11.5 Å². The molecule has 5 nitrogen and oxygen atoms in total. The summed E-state index contributed by atoms with van der Waals surface area (Å²) in [5.74, 6) is 1.34. The summed E-state index contributed by atoms with van der Waals surface area (Å²) in [7, 11) is 3.21. The summed E-state index contributed by atoms with van der Waals surface area (Å²) in [4.78, 5) is 16.0. The lowest BCUT2D eigenvalue weighted by atomic mass is 10.1. The SMILES string of the molecule is COc1cccc(/C=C/C(=O)N2CC[NH+](Cc3ccccc3)CC2)c1OC. The molecule has 1 heterocycles. The van der Waals surface area contributed by atoms with Gasteiger partial charge in [-0.05, 0) is 12.1 Å². The standard InChI is InChI=1S/C22H26N2O3/c1-26-20-10-6-9-19(22(20)27-2)11-12-21(25)24-15-13-23(14-16-24)17-18-7-4-3-5-8-18/h3-12H,13-17H2,1-2H3/p+1/b12-11+. The number of hydrogen-bond donors (Lipinski definition) is 1. The number of amides is 1. The smallest absolute Gasteiger partial charge is 0.246 e. The van der Waals surface area contributed by atoms with Crippen LogP contribution >= 0.6 is 0 Å². The molecule has 1 fully saturated rings. The first-order chi connectivity index (χ1) is 13.2. The number of ether oxygens (including phenoxy) is 2. The third-order valence-corrected chi connectivity index (χ3v) is 4.92. The third kappa shape index (κ3) is 4.89. The number of piperazine rings is 1. The highest BCUT2D eigenvalue weighted by Gasteiger charge is 2.22. The summed E-state index contributed by atoms with van der Waals surface area (Å²) in [5.41, 5.74) is 2.18. The van der Waals surface area contributed by atoms with Crippen LogP contribution in [-0.2, 0) is 11.3 Å². The molecule has 1 amide bonds. The Labute approximate surface area is 160 Å². The molecule has 27 heavy (non-hydrogen) atoms. The van der Waals surface area contributed by atoms with Crippen LogP contribution in [0.2, 0.25) is 0 Å². The predicted octanol–water partition coefficient (Wildman–Crippen LogP) is 1.64. The number of carbonyl (C=O) groups excluding carboxylic acids is 1. The number of para-hydroxylation sites is 1. The Morgan fingerprint density at radius 1 is 1.04 bits per heavy atom. The summed E-state index contributed by atoms with van der Waals surface area (Å²) >= 11 is 0. The van der Waals surface area contributed by atoms with Crippen LogP contribution in [0.5, 0.6) is 11.5 Å². The second-order valence-corrected chi connectivity index (χ2v) is 6.65. The minimum atomic E-state index is 0.0404. The number of carbonyl (C=O) groups is 1. The van der Waals surface area contributed by atoms with E-state index < -0.39 is 0 Å². The Hall–Kier alpha value is -2.79. The second kappa shape index (κ2) is 9.24. The van der Waals surface area contributed by atoms with Gasteiger partial charge >= 0.3 is 0 Å². The van der Waals surface area contributed by atoms with Gasteiger partial charge in [-0.2, -0.15) is 0 Å². The lowest BCUT2D eigenvalue weighted by molar-refractivity contribution is -0.917. The average Bonchev–Trinajstić information content (AvgIpc) is 2.72. The predicted molar refractivity (Wildman–Crippen MR) is 106 cm³/mol. The molecule has 0 aromatic heterocycles. The van der Waals surface area contributed by atoms with E-state index in [-0.39, 0.29) is 5.91 Å². The number of quaternary nitrogens is 1. The molecule has 0 spiro atoms. The zero-order valence-corrected chi connectivity index (χ0v) is 16.0. The van der Waals surface area contributed by atoms with Gasteiger partial charge in [-0.25, -0.2) is 0 Å². The number of nitrogens with one attached hydrogen (secondary N) is 1. The Bertz CT molecular complexity index is 781. The zero-order chi connectivity index (χ0) is 19.1. The van der Waals surface area contributed by atoms with E-state index in [1.165, 1.54) is 10.5 Å². The van der Waals surface area contributed by atoms with Crippen LogP contribution in [0.3, 0.4) is 0 Å². The summed E-state index contributed by atoms with van der Waals surface area (Å²) in [6.07, 6.45) is 3.42. The van der Waals surface area contributed by atoms with Gasteiger partial charge in [-0.3, -0.25) is 4.79 Å². The lowest BCUT2D eigenvalue weighted by Crippen LogP contribution is -3.13. The Morgan fingerprint density at radius 3 is 2.44 bits per heavy atom. The van der Waals surface area contributed by atoms with E-state index in [2.05, 4.69) is 24.3 Å². The van der Waals surface area contributed by atoms with Gasteiger partial charge in [0.25, 0.3) is 0 Å². The Morgan fingerprint density at radius 2 is 1.78 bits per heavy atom. The molecule has 0 unspecified atom stereocenters. The van der Waals surface area contributed by atoms with E-state index in [4.69, 9.17) is 9.47 Å². The number of benzene rings is 2. The summed E-state index contributed by atoms with van der Waals surface area (Å²) in [5, 5.41) is 0. The van der Waals surface area contributed by atoms with Crippen molar-refractivity contribution in [3.63, 3.8) is 0 Å². The highest BCUT2D eigenvalue weighted by molar-refractivity contribution is 5.92. The quantitative estimate of drug-likeness (QED) is 0.790. The normalized spacial score (nSPS) is 15.1. The molecule has 0 atom stereocenters. The number of hydrogen-bond acceptors (Lipinski definition) is 3. The molecule has 0 bridgehead atoms. The molecule has 0 saturated carbocycles. The minimum absolute atomic E-state index is 0.0404. The molecule has 3 rings (SSSR count). The fourth-order valence-electron chi connectivity index (χ4n) is 3.41. The van der Waals surface area contributed by atoms with Crippen molar-refractivity contribution in [2.45, 2.75) is 6.54 Å². The molecule has 2 aromatic rings. The second-order valence-electron chi connectivity index (χ2n) is 6.65. The summed E-state index contributed by atoms with van der Waals surface area (Å²) in [6, 6.07) is 16.2. The largest absolute Gasteiger partial charge is 0.493 e. The summed E-state index contributed by atoms with van der Waals surface area (Å²) < 4.78 is 10.7. The van der Waals surface area contributed by atoms with Gasteiger partial charge in [-0.15, -0.1) is 0 Å². The first kappa shape index (κ1) is 19.0. The number of nitrogens with zero attached hydrogens (tertiary/aromatic N) is 1. The van der Waals surface area contributed by atoms with Crippen molar-refractivity contribution >= 4 is 12.0 Å². The number of rotatable bonds is 6. The van der Waals surface area contributed by atoms with Crippen LogP contribution in [0, 0.1) is 0 Å². The summed E-state index contributed by atoms with van der Waals surface area (Å²) in [6.45, 7) is 4.51. The van der Waals surface area contributed by atoms with E-state index >= 15 is 0 Å². The third-order valence-electron chi connectivity index (χ3n) is 4.92. The average molecular weight is 367 g/mol. The van der Waals surface area contributed by atoms with E-state index in [0.717, 1.165) is 38.3 Å². The van der Waals surface area contributed by atoms with Gasteiger partial charge < -0.3 is 19.3 Å². The fraction of sp³-hybridized carbons (Fsp3) is 0.318. The Kier molecular flexibility index (Phi) is 6.49. The topological polar surface area (TPSA) is 43.2 Å². The maximum atomic E-state index is 12.5. The van der Waals surface area contributed by atoms with Crippen LogP contribution < -0.4 is 14.4 Å². The van der Waals surface area contributed by atoms with Gasteiger partial charge in [0.1, 0.15) is 6.54 Å². The molecule has 142 valence electrons. The van der Waals surface area contributed by atoms with Crippen molar-refractivity contribution in [3.8, 4) is 11.5 Å². The van der Waals surface area contributed by atoms with Crippen LogP contribution in [0.4, 0.5) is 0 Å². The van der Waals surface area contributed by atoms with Crippen molar-refractivity contribution in [2.75, 3.05) is 40.4 Å². The van der Waals surface area contributed by atoms with Crippen LogP contribution in [0.25, 0.3) is 6.08 Å². The van der Waals surface area contributed by atoms with Crippen LogP contribution in [-0.4, -0.2) is 51.2 Å². The molecule has 1 aliphatic heterocycles. The van der Waals surface area contributed by atoms with Crippen LogP contribution in [0.1, 0.15) is 11.1 Å². The van der Waals surface area contributed by atoms with Gasteiger partial charge in [0.2, 0.25) is 5.91 Å². The Balaban J connectivity index is 1.56. The van der Waals surface area contributed by atoms with Crippen molar-refractivity contribution in [1.29, 1.82) is 0 Å². The minimum Gasteiger partial charge on any atom is -0.493 e.